The Kier molecular flexibility index (Phi) is 3.91. The van der Waals surface area contributed by atoms with Crippen LogP contribution < -0.4 is 14.2 Å². The molecule has 146 valence electrons. The van der Waals surface area contributed by atoms with Crippen molar-refractivity contribution < 1.29 is 19.3 Å². The highest BCUT2D eigenvalue weighted by Crippen LogP contribution is 2.44. The average molecular weight is 380 g/mol. The third-order valence-corrected chi connectivity index (χ3v) is 6.17. The number of phenols is 1. The number of hydrogen-bond acceptors (Lipinski definition) is 5. The fourth-order valence-corrected chi connectivity index (χ4v) is 4.76. The quantitative estimate of drug-likeness (QED) is 0.727. The van der Waals surface area contributed by atoms with E-state index < -0.39 is 0 Å². The van der Waals surface area contributed by atoms with Gasteiger partial charge in [0.05, 0.1) is 21.3 Å². The zero-order valence-electron chi connectivity index (χ0n) is 16.3. The molecule has 2 aliphatic rings. The number of ether oxygens (including phenoxy) is 3. The molecule has 6 heteroatoms. The van der Waals surface area contributed by atoms with Gasteiger partial charge in [0.2, 0.25) is 0 Å². The Morgan fingerprint density at radius 1 is 1.00 bits per heavy atom. The van der Waals surface area contributed by atoms with Gasteiger partial charge in [-0.25, -0.2) is 0 Å². The van der Waals surface area contributed by atoms with Gasteiger partial charge in [0.1, 0.15) is 0 Å². The number of benzene rings is 2. The summed E-state index contributed by atoms with van der Waals surface area (Å²) in [6.45, 7) is 1.88. The summed E-state index contributed by atoms with van der Waals surface area (Å²) in [5.41, 5.74) is 6.14. The topological polar surface area (TPSA) is 67.0 Å². The Labute approximate surface area is 163 Å². The zero-order chi connectivity index (χ0) is 19.4. The Bertz CT molecular complexity index is 1070. The number of phenolic OH excluding ortho intramolecular Hbond substituents is 1. The lowest BCUT2D eigenvalue weighted by Crippen LogP contribution is -2.39. The fourth-order valence-electron chi connectivity index (χ4n) is 4.76. The predicted octanol–water partition coefficient (Wildman–Crippen LogP) is 3.55. The molecule has 1 atom stereocenters. The smallest absolute Gasteiger partial charge is 0.162 e. The second kappa shape index (κ2) is 6.34. The number of aromatic nitrogens is 1. The maximum Gasteiger partial charge on any atom is 0.162 e. The number of aromatic amines is 1. The number of hydrogen-bond donors (Lipinski definition) is 2. The van der Waals surface area contributed by atoms with Gasteiger partial charge in [0.15, 0.2) is 23.0 Å². The maximum atomic E-state index is 10.3. The van der Waals surface area contributed by atoms with Crippen molar-refractivity contribution >= 4 is 10.9 Å². The highest BCUT2D eigenvalue weighted by molar-refractivity contribution is 5.88. The maximum absolute atomic E-state index is 10.3. The highest BCUT2D eigenvalue weighted by Gasteiger charge is 2.34. The van der Waals surface area contributed by atoms with Crippen molar-refractivity contribution in [2.24, 2.45) is 0 Å². The van der Waals surface area contributed by atoms with Crippen molar-refractivity contribution in [3.05, 3.63) is 46.6 Å². The van der Waals surface area contributed by atoms with Crippen molar-refractivity contribution in [2.45, 2.75) is 25.4 Å². The summed E-state index contributed by atoms with van der Waals surface area (Å²) in [4.78, 5) is 6.06. The molecule has 0 amide bonds. The molecule has 0 saturated heterocycles. The van der Waals surface area contributed by atoms with E-state index in [0.29, 0.717) is 11.8 Å². The SMILES string of the molecule is COc1cc2[nH]c3c(c2cc1O)CC1c2cc(OC)c(OC)cc2CCN1C3. The third kappa shape index (κ3) is 2.44. The molecule has 5 rings (SSSR count). The molecule has 3 aromatic rings. The first kappa shape index (κ1) is 17.3. The van der Waals surface area contributed by atoms with Crippen molar-refractivity contribution in [1.29, 1.82) is 0 Å². The van der Waals surface area contributed by atoms with Crippen LogP contribution in [0.3, 0.4) is 0 Å². The standard InChI is InChI=1S/C22H24N2O4/c1-26-20-10-16-15(8-19(20)25)14-7-18-13-9-22(28-3)21(27-2)6-12(13)4-5-24(18)11-17(14)23-16/h6,8-10,18,23,25H,4-5,7,11H2,1-3H3. The van der Waals surface area contributed by atoms with Crippen LogP contribution in [-0.4, -0.2) is 42.9 Å². The van der Waals surface area contributed by atoms with E-state index in [0.717, 1.165) is 48.3 Å². The molecule has 0 aliphatic carbocycles. The Morgan fingerprint density at radius 3 is 2.50 bits per heavy atom. The van der Waals surface area contributed by atoms with E-state index in [2.05, 4.69) is 22.0 Å². The summed E-state index contributed by atoms with van der Waals surface area (Å²) < 4.78 is 16.3. The summed E-state index contributed by atoms with van der Waals surface area (Å²) in [5, 5.41) is 11.3. The van der Waals surface area contributed by atoms with Gasteiger partial charge in [-0.05, 0) is 47.7 Å². The molecule has 0 bridgehead atoms. The Morgan fingerprint density at radius 2 is 1.75 bits per heavy atom. The third-order valence-electron chi connectivity index (χ3n) is 6.17. The largest absolute Gasteiger partial charge is 0.504 e. The van der Waals surface area contributed by atoms with Crippen molar-refractivity contribution in [3.63, 3.8) is 0 Å². The molecule has 1 unspecified atom stereocenters. The van der Waals surface area contributed by atoms with Gasteiger partial charge in [-0.1, -0.05) is 0 Å². The number of nitrogens with one attached hydrogen (secondary N) is 1. The number of methoxy groups -OCH3 is 3. The van der Waals surface area contributed by atoms with Crippen LogP contribution in [-0.2, 0) is 19.4 Å². The highest BCUT2D eigenvalue weighted by atomic mass is 16.5. The van der Waals surface area contributed by atoms with Gasteiger partial charge < -0.3 is 24.3 Å². The van der Waals surface area contributed by atoms with Crippen LogP contribution >= 0.6 is 0 Å². The van der Waals surface area contributed by atoms with E-state index in [4.69, 9.17) is 14.2 Å². The lowest BCUT2D eigenvalue weighted by atomic mass is 9.85. The molecular formula is C22H24N2O4. The molecule has 2 aromatic carbocycles. The van der Waals surface area contributed by atoms with Gasteiger partial charge >= 0.3 is 0 Å². The minimum Gasteiger partial charge on any atom is -0.504 e. The van der Waals surface area contributed by atoms with E-state index in [1.165, 1.54) is 22.4 Å². The number of rotatable bonds is 3. The predicted molar refractivity (Wildman–Crippen MR) is 107 cm³/mol. The van der Waals surface area contributed by atoms with E-state index in [-0.39, 0.29) is 5.75 Å². The van der Waals surface area contributed by atoms with Gasteiger partial charge in [-0.2, -0.15) is 0 Å². The number of aromatic hydroxyl groups is 1. The van der Waals surface area contributed by atoms with Crippen molar-refractivity contribution in [2.75, 3.05) is 27.9 Å². The van der Waals surface area contributed by atoms with E-state index in [1.54, 1.807) is 21.3 Å². The molecule has 6 nitrogen and oxygen atoms in total. The molecule has 2 N–H and O–H groups in total. The van der Waals surface area contributed by atoms with Crippen molar-refractivity contribution in [1.82, 2.24) is 9.88 Å². The first-order valence-corrected chi connectivity index (χ1v) is 9.52. The van der Waals surface area contributed by atoms with Crippen LogP contribution in [0.1, 0.15) is 28.4 Å². The summed E-state index contributed by atoms with van der Waals surface area (Å²) in [6, 6.07) is 8.24. The lowest BCUT2D eigenvalue weighted by molar-refractivity contribution is 0.159. The lowest BCUT2D eigenvalue weighted by Gasteiger charge is -2.40. The molecule has 0 saturated carbocycles. The second-order valence-corrected chi connectivity index (χ2v) is 7.50. The molecule has 3 heterocycles. The molecule has 2 aliphatic heterocycles. The normalized spacial score (nSPS) is 18.3. The first-order valence-electron chi connectivity index (χ1n) is 9.52. The molecular weight excluding hydrogens is 356 g/mol. The van der Waals surface area contributed by atoms with Crippen LogP contribution in [0.2, 0.25) is 0 Å². The average Bonchev–Trinajstić information content (AvgIpc) is 3.06. The molecule has 0 radical (unpaired) electrons. The van der Waals surface area contributed by atoms with Crippen LogP contribution in [0.4, 0.5) is 0 Å². The van der Waals surface area contributed by atoms with Crippen molar-refractivity contribution in [3.8, 4) is 23.0 Å². The van der Waals surface area contributed by atoms with E-state index in [9.17, 15) is 5.11 Å². The minimum absolute atomic E-state index is 0.176. The summed E-state index contributed by atoms with van der Waals surface area (Å²) in [6.07, 6.45) is 1.89. The fraction of sp³-hybridized carbons (Fsp3) is 0.364. The minimum atomic E-state index is 0.176. The Hall–Kier alpha value is -2.86. The van der Waals surface area contributed by atoms with E-state index in [1.807, 2.05) is 12.1 Å². The molecule has 0 fully saturated rings. The van der Waals surface area contributed by atoms with Gasteiger partial charge in [-0.15, -0.1) is 0 Å². The molecule has 28 heavy (non-hydrogen) atoms. The molecule has 1 aromatic heterocycles. The number of nitrogens with zero attached hydrogens (tertiary/aromatic N) is 1. The van der Waals surface area contributed by atoms with Crippen LogP contribution in [0, 0.1) is 0 Å². The number of fused-ring (bicyclic) bond motifs is 6. The van der Waals surface area contributed by atoms with Gasteiger partial charge in [-0.3, -0.25) is 4.90 Å². The monoisotopic (exact) mass is 380 g/mol. The zero-order valence-corrected chi connectivity index (χ0v) is 16.3. The van der Waals surface area contributed by atoms with Crippen LogP contribution in [0.5, 0.6) is 23.0 Å². The summed E-state index contributed by atoms with van der Waals surface area (Å²) in [5.74, 6) is 2.23. The van der Waals surface area contributed by atoms with Gasteiger partial charge in [0.25, 0.3) is 0 Å². The number of H-pyrrole nitrogens is 1. The summed E-state index contributed by atoms with van der Waals surface area (Å²) in [7, 11) is 4.93. The van der Waals surface area contributed by atoms with E-state index >= 15 is 0 Å². The van der Waals surface area contributed by atoms with Crippen LogP contribution in [0.15, 0.2) is 24.3 Å². The summed E-state index contributed by atoms with van der Waals surface area (Å²) >= 11 is 0. The Balaban J connectivity index is 1.61. The first-order chi connectivity index (χ1) is 13.6. The van der Waals surface area contributed by atoms with Gasteiger partial charge in [0, 0.05) is 41.8 Å². The van der Waals surface area contributed by atoms with Crippen LogP contribution in [0.25, 0.3) is 10.9 Å². The molecule has 0 spiro atoms. The second-order valence-electron chi connectivity index (χ2n) is 7.50.